The number of benzene rings is 1. The van der Waals surface area contributed by atoms with Gasteiger partial charge in [-0.3, -0.25) is 0 Å². The zero-order chi connectivity index (χ0) is 15.1. The highest BCUT2D eigenvalue weighted by atomic mass is 16.3. The van der Waals surface area contributed by atoms with Gasteiger partial charge in [0.2, 0.25) is 0 Å². The normalized spacial score (nSPS) is 17.3. The lowest BCUT2D eigenvalue weighted by Gasteiger charge is -2.26. The molecule has 0 bridgehead atoms. The fourth-order valence-electron chi connectivity index (χ4n) is 2.61. The van der Waals surface area contributed by atoms with Gasteiger partial charge in [0.25, 0.3) is 0 Å². The SMILES string of the molecule is N#Cc1ccc(NC(=O)NCC2(O)CCCCCC2)cc1. The minimum atomic E-state index is -0.779. The number of nitriles is 1. The smallest absolute Gasteiger partial charge is 0.319 e. The van der Waals surface area contributed by atoms with E-state index >= 15 is 0 Å². The number of hydrogen-bond acceptors (Lipinski definition) is 3. The zero-order valence-corrected chi connectivity index (χ0v) is 12.1. The van der Waals surface area contributed by atoms with Crippen LogP contribution in [0.1, 0.15) is 44.1 Å². The molecule has 0 aromatic heterocycles. The van der Waals surface area contributed by atoms with Crippen LogP contribution in [0.5, 0.6) is 0 Å². The van der Waals surface area contributed by atoms with Crippen LogP contribution in [0.4, 0.5) is 10.5 Å². The first kappa shape index (κ1) is 15.3. The molecule has 1 saturated carbocycles. The Hall–Kier alpha value is -2.06. The van der Waals surface area contributed by atoms with Crippen molar-refractivity contribution in [3.8, 4) is 6.07 Å². The van der Waals surface area contributed by atoms with Gasteiger partial charge in [-0.05, 0) is 37.1 Å². The van der Waals surface area contributed by atoms with E-state index in [2.05, 4.69) is 10.6 Å². The molecule has 2 amide bonds. The maximum Gasteiger partial charge on any atom is 0.319 e. The second-order valence-corrected chi connectivity index (χ2v) is 5.64. The summed E-state index contributed by atoms with van der Waals surface area (Å²) in [5.74, 6) is 0. The summed E-state index contributed by atoms with van der Waals surface area (Å²) >= 11 is 0. The summed E-state index contributed by atoms with van der Waals surface area (Å²) in [6, 6.07) is 8.34. The van der Waals surface area contributed by atoms with Crippen molar-refractivity contribution in [3.05, 3.63) is 29.8 Å². The van der Waals surface area contributed by atoms with Crippen molar-refractivity contribution in [2.75, 3.05) is 11.9 Å². The Balaban J connectivity index is 1.82. The molecule has 21 heavy (non-hydrogen) atoms. The monoisotopic (exact) mass is 287 g/mol. The van der Waals surface area contributed by atoms with E-state index in [9.17, 15) is 9.90 Å². The highest BCUT2D eigenvalue weighted by Crippen LogP contribution is 2.26. The lowest BCUT2D eigenvalue weighted by molar-refractivity contribution is 0.0281. The van der Waals surface area contributed by atoms with Gasteiger partial charge in [0.15, 0.2) is 0 Å². The predicted octanol–water partition coefficient (Wildman–Crippen LogP) is 2.77. The van der Waals surface area contributed by atoms with Crippen LogP contribution >= 0.6 is 0 Å². The Morgan fingerprint density at radius 2 is 1.81 bits per heavy atom. The van der Waals surface area contributed by atoms with Gasteiger partial charge < -0.3 is 15.7 Å². The fraction of sp³-hybridized carbons (Fsp3) is 0.500. The van der Waals surface area contributed by atoms with E-state index in [4.69, 9.17) is 5.26 Å². The molecule has 0 heterocycles. The van der Waals surface area contributed by atoms with Crippen LogP contribution in [0.25, 0.3) is 0 Å². The number of anilines is 1. The second kappa shape index (κ2) is 7.09. The van der Waals surface area contributed by atoms with Crippen LogP contribution in [0, 0.1) is 11.3 Å². The van der Waals surface area contributed by atoms with Crippen molar-refractivity contribution < 1.29 is 9.90 Å². The van der Waals surface area contributed by atoms with Crippen LogP contribution in [-0.4, -0.2) is 23.3 Å². The highest BCUT2D eigenvalue weighted by molar-refractivity contribution is 5.89. The van der Waals surface area contributed by atoms with Gasteiger partial charge in [-0.2, -0.15) is 5.26 Å². The van der Waals surface area contributed by atoms with Crippen LogP contribution in [0.3, 0.4) is 0 Å². The minimum Gasteiger partial charge on any atom is -0.388 e. The Morgan fingerprint density at radius 3 is 2.38 bits per heavy atom. The Labute approximate surface area is 125 Å². The summed E-state index contributed by atoms with van der Waals surface area (Å²) in [5, 5.41) is 24.6. The summed E-state index contributed by atoms with van der Waals surface area (Å²) in [6.45, 7) is 0.273. The molecule has 1 aromatic rings. The third kappa shape index (κ3) is 4.76. The molecule has 112 valence electrons. The van der Waals surface area contributed by atoms with Crippen molar-refractivity contribution in [2.45, 2.75) is 44.1 Å². The Morgan fingerprint density at radius 1 is 1.19 bits per heavy atom. The predicted molar refractivity (Wildman–Crippen MR) is 80.8 cm³/mol. The number of amides is 2. The van der Waals surface area contributed by atoms with Crippen molar-refractivity contribution in [1.82, 2.24) is 5.32 Å². The lowest BCUT2D eigenvalue weighted by Crippen LogP contribution is -2.44. The molecule has 1 aliphatic rings. The molecule has 0 unspecified atom stereocenters. The molecule has 5 heteroatoms. The van der Waals surface area contributed by atoms with E-state index < -0.39 is 5.60 Å². The zero-order valence-electron chi connectivity index (χ0n) is 12.1. The van der Waals surface area contributed by atoms with E-state index in [-0.39, 0.29) is 12.6 Å². The molecule has 1 aromatic carbocycles. The first-order valence-electron chi connectivity index (χ1n) is 7.39. The molecule has 1 aliphatic carbocycles. The van der Waals surface area contributed by atoms with Crippen molar-refractivity contribution in [3.63, 3.8) is 0 Å². The summed E-state index contributed by atoms with van der Waals surface area (Å²) in [4.78, 5) is 11.8. The number of hydrogen-bond donors (Lipinski definition) is 3. The van der Waals surface area contributed by atoms with Gasteiger partial charge in [0.1, 0.15) is 0 Å². The molecule has 2 rings (SSSR count). The maximum atomic E-state index is 11.8. The number of nitrogens with zero attached hydrogens (tertiary/aromatic N) is 1. The van der Waals surface area contributed by atoms with Gasteiger partial charge >= 0.3 is 6.03 Å². The average molecular weight is 287 g/mol. The third-order valence-electron chi connectivity index (χ3n) is 3.88. The standard InChI is InChI=1S/C16H21N3O2/c17-11-13-5-7-14(8-6-13)19-15(20)18-12-16(21)9-3-1-2-4-10-16/h5-8,21H,1-4,9-10,12H2,(H2,18,19,20). The van der Waals surface area contributed by atoms with Crippen LogP contribution < -0.4 is 10.6 Å². The number of aliphatic hydroxyl groups is 1. The molecule has 0 radical (unpaired) electrons. The molecule has 0 atom stereocenters. The van der Waals surface area contributed by atoms with Gasteiger partial charge in [0.05, 0.1) is 17.2 Å². The van der Waals surface area contributed by atoms with Crippen LogP contribution in [0.2, 0.25) is 0 Å². The summed E-state index contributed by atoms with van der Waals surface area (Å²) in [5.41, 5.74) is 0.395. The van der Waals surface area contributed by atoms with Gasteiger partial charge in [-0.25, -0.2) is 4.79 Å². The van der Waals surface area contributed by atoms with Crippen molar-refractivity contribution in [1.29, 1.82) is 5.26 Å². The minimum absolute atomic E-state index is 0.273. The molecule has 1 fully saturated rings. The number of carbonyl (C=O) groups is 1. The number of rotatable bonds is 3. The average Bonchev–Trinajstić information content (AvgIpc) is 2.71. The topological polar surface area (TPSA) is 85.2 Å². The summed E-state index contributed by atoms with van der Waals surface area (Å²) < 4.78 is 0. The van der Waals surface area contributed by atoms with Crippen molar-refractivity contribution >= 4 is 11.7 Å². The first-order valence-corrected chi connectivity index (χ1v) is 7.39. The maximum absolute atomic E-state index is 11.8. The molecule has 0 spiro atoms. The van der Waals surface area contributed by atoms with E-state index in [0.29, 0.717) is 11.3 Å². The Bertz CT molecular complexity index is 511. The number of carbonyl (C=O) groups excluding carboxylic acids is 1. The molecule has 3 N–H and O–H groups in total. The molecule has 0 saturated heterocycles. The Kier molecular flexibility index (Phi) is 5.18. The van der Waals surface area contributed by atoms with Gasteiger partial charge in [-0.15, -0.1) is 0 Å². The van der Waals surface area contributed by atoms with E-state index in [0.717, 1.165) is 38.5 Å². The third-order valence-corrected chi connectivity index (χ3v) is 3.88. The van der Waals surface area contributed by atoms with Crippen LogP contribution in [0.15, 0.2) is 24.3 Å². The van der Waals surface area contributed by atoms with E-state index in [1.807, 2.05) is 6.07 Å². The number of nitrogens with one attached hydrogen (secondary N) is 2. The van der Waals surface area contributed by atoms with Gasteiger partial charge in [0, 0.05) is 12.2 Å². The quantitative estimate of drug-likeness (QED) is 0.747. The fourth-order valence-corrected chi connectivity index (χ4v) is 2.61. The molecule has 0 aliphatic heterocycles. The largest absolute Gasteiger partial charge is 0.388 e. The summed E-state index contributed by atoms with van der Waals surface area (Å²) in [6.07, 6.45) is 5.80. The first-order chi connectivity index (χ1) is 10.1. The number of urea groups is 1. The van der Waals surface area contributed by atoms with E-state index in [1.54, 1.807) is 24.3 Å². The van der Waals surface area contributed by atoms with Gasteiger partial charge in [-0.1, -0.05) is 25.7 Å². The van der Waals surface area contributed by atoms with Crippen LogP contribution in [-0.2, 0) is 0 Å². The summed E-state index contributed by atoms with van der Waals surface area (Å²) in [7, 11) is 0. The lowest BCUT2D eigenvalue weighted by atomic mass is 9.95. The molecule has 5 nitrogen and oxygen atoms in total. The van der Waals surface area contributed by atoms with Crippen molar-refractivity contribution in [2.24, 2.45) is 0 Å². The van der Waals surface area contributed by atoms with E-state index in [1.165, 1.54) is 0 Å². The molecular weight excluding hydrogens is 266 g/mol. The molecular formula is C16H21N3O2. The second-order valence-electron chi connectivity index (χ2n) is 5.64. The highest BCUT2D eigenvalue weighted by Gasteiger charge is 2.28.